The van der Waals surface area contributed by atoms with Crippen LogP contribution in [0.25, 0.3) is 11.3 Å². The minimum atomic E-state index is -0.774. The number of ketones is 1. The third kappa shape index (κ3) is 5.13. The summed E-state index contributed by atoms with van der Waals surface area (Å²) in [7, 11) is 0. The minimum Gasteiger partial charge on any atom is -0.441 e. The van der Waals surface area contributed by atoms with E-state index >= 15 is 0 Å². The number of hydrogen-bond donors (Lipinski definition) is 0. The lowest BCUT2D eigenvalue weighted by atomic mass is 9.88. The van der Waals surface area contributed by atoms with Crippen LogP contribution in [0, 0.1) is 29.2 Å². The van der Waals surface area contributed by atoms with Gasteiger partial charge in [-0.15, -0.1) is 0 Å². The Hall–Kier alpha value is -3.49. The number of oxazole rings is 1. The predicted molar refractivity (Wildman–Crippen MR) is 110 cm³/mol. The highest BCUT2D eigenvalue weighted by Gasteiger charge is 2.29. The molecule has 1 aromatic heterocycles. The van der Waals surface area contributed by atoms with Crippen molar-refractivity contribution in [1.29, 1.82) is 0 Å². The molecule has 0 atom stereocenters. The molecule has 0 radical (unpaired) electrons. The number of aryl methyl sites for hydroxylation is 1. The Balaban J connectivity index is 1.30. The Bertz CT molecular complexity index is 1190. The summed E-state index contributed by atoms with van der Waals surface area (Å²) in [6.07, 6.45) is 2.32. The molecule has 9 heteroatoms. The lowest BCUT2D eigenvalue weighted by Crippen LogP contribution is -2.40. The highest BCUT2D eigenvalue weighted by atomic mass is 19.1. The zero-order valence-electron chi connectivity index (χ0n) is 17.5. The molecule has 0 N–H and O–H groups in total. The summed E-state index contributed by atoms with van der Waals surface area (Å²) in [5.74, 6) is -3.63. The molecule has 1 aliphatic heterocycles. The number of hydrogen-bond acceptors (Lipinski definition) is 4. The van der Waals surface area contributed by atoms with E-state index in [1.54, 1.807) is 4.90 Å². The van der Waals surface area contributed by atoms with Crippen molar-refractivity contribution >= 4 is 11.7 Å². The number of rotatable bonds is 6. The fraction of sp³-hybridized carbons (Fsp3) is 0.292. The van der Waals surface area contributed by atoms with E-state index in [9.17, 15) is 27.2 Å². The Morgan fingerprint density at radius 3 is 2.39 bits per heavy atom. The highest BCUT2D eigenvalue weighted by Crippen LogP contribution is 2.26. The summed E-state index contributed by atoms with van der Waals surface area (Å²) in [6, 6.07) is 5.90. The molecule has 0 spiro atoms. The van der Waals surface area contributed by atoms with E-state index in [1.165, 1.54) is 12.3 Å². The molecular weight excluding hydrogens is 440 g/mol. The molecule has 1 fully saturated rings. The third-order valence-corrected chi connectivity index (χ3v) is 5.72. The number of amides is 1. The van der Waals surface area contributed by atoms with Gasteiger partial charge in [0.25, 0.3) is 0 Å². The zero-order chi connectivity index (χ0) is 23.5. The van der Waals surface area contributed by atoms with Gasteiger partial charge in [-0.3, -0.25) is 9.59 Å². The van der Waals surface area contributed by atoms with E-state index in [0.717, 1.165) is 30.3 Å². The number of carbonyl (C=O) groups excluding carboxylic acids is 2. The first-order chi connectivity index (χ1) is 15.8. The molecule has 3 aromatic rings. The molecule has 1 saturated heterocycles. The number of benzene rings is 2. The molecule has 4 rings (SSSR count). The molecule has 1 aliphatic rings. The average Bonchev–Trinajstić information content (AvgIpc) is 3.27. The van der Waals surface area contributed by atoms with Gasteiger partial charge in [0.05, 0.1) is 17.3 Å². The second kappa shape index (κ2) is 9.56. The van der Waals surface area contributed by atoms with Crippen LogP contribution in [0.4, 0.5) is 17.6 Å². The number of piperidine rings is 1. The van der Waals surface area contributed by atoms with Crippen LogP contribution in [0.1, 0.15) is 35.5 Å². The van der Waals surface area contributed by atoms with Crippen LogP contribution in [-0.4, -0.2) is 34.7 Å². The molecule has 172 valence electrons. The fourth-order valence-corrected chi connectivity index (χ4v) is 3.91. The van der Waals surface area contributed by atoms with E-state index in [1.807, 2.05) is 0 Å². The fourth-order valence-electron chi connectivity index (χ4n) is 3.91. The molecule has 1 amide bonds. The van der Waals surface area contributed by atoms with E-state index in [4.69, 9.17) is 4.42 Å². The Kier molecular flexibility index (Phi) is 6.57. The van der Waals surface area contributed by atoms with Crippen molar-refractivity contribution in [3.05, 3.63) is 77.3 Å². The smallest absolute Gasteiger partial charge is 0.223 e. The topological polar surface area (TPSA) is 63.4 Å². The maximum atomic E-state index is 13.9. The molecule has 0 saturated carbocycles. The highest BCUT2D eigenvalue weighted by molar-refractivity contribution is 5.98. The van der Waals surface area contributed by atoms with Crippen LogP contribution in [0.3, 0.4) is 0 Å². The number of carbonyl (C=O) groups is 2. The monoisotopic (exact) mass is 460 g/mol. The van der Waals surface area contributed by atoms with Gasteiger partial charge in [-0.25, -0.2) is 22.5 Å². The van der Waals surface area contributed by atoms with Gasteiger partial charge >= 0.3 is 0 Å². The summed E-state index contributed by atoms with van der Waals surface area (Å²) >= 11 is 0. The quantitative estimate of drug-likeness (QED) is 0.386. The Morgan fingerprint density at radius 1 is 0.970 bits per heavy atom. The van der Waals surface area contributed by atoms with E-state index in [2.05, 4.69) is 4.98 Å². The molecule has 5 nitrogen and oxygen atoms in total. The van der Waals surface area contributed by atoms with Crippen molar-refractivity contribution in [3.63, 3.8) is 0 Å². The van der Waals surface area contributed by atoms with Crippen LogP contribution >= 0.6 is 0 Å². The summed E-state index contributed by atoms with van der Waals surface area (Å²) in [5.41, 5.74) is -0.194. The molecule has 0 bridgehead atoms. The van der Waals surface area contributed by atoms with Crippen molar-refractivity contribution in [3.8, 4) is 11.3 Å². The standard InChI is InChI=1S/C24H20F4N2O3/c25-15-2-4-19(27)18(11-15)24(32)14-7-9-30(10-8-14)23(31)6-5-22-29-13-21(33-22)17-3-1-16(26)12-20(17)28/h1-4,11-14H,5-10H2. The van der Waals surface area contributed by atoms with E-state index in [-0.39, 0.29) is 41.5 Å². The van der Waals surface area contributed by atoms with Gasteiger partial charge in [0, 0.05) is 37.9 Å². The normalized spacial score (nSPS) is 14.5. The van der Waals surface area contributed by atoms with Gasteiger partial charge in [0.1, 0.15) is 23.3 Å². The second-order valence-electron chi connectivity index (χ2n) is 7.89. The zero-order valence-corrected chi connectivity index (χ0v) is 17.5. The van der Waals surface area contributed by atoms with Crippen LogP contribution in [0.5, 0.6) is 0 Å². The predicted octanol–water partition coefficient (Wildman–Crippen LogP) is 4.95. The van der Waals surface area contributed by atoms with Crippen molar-refractivity contribution in [1.82, 2.24) is 9.88 Å². The van der Waals surface area contributed by atoms with Gasteiger partial charge < -0.3 is 9.32 Å². The van der Waals surface area contributed by atoms with Gasteiger partial charge in [-0.2, -0.15) is 0 Å². The van der Waals surface area contributed by atoms with Crippen molar-refractivity contribution < 1.29 is 31.6 Å². The lowest BCUT2D eigenvalue weighted by molar-refractivity contribution is -0.132. The number of aromatic nitrogens is 1. The number of likely N-dealkylation sites (tertiary alicyclic amines) is 1. The van der Waals surface area contributed by atoms with Gasteiger partial charge in [0.2, 0.25) is 5.91 Å². The van der Waals surface area contributed by atoms with E-state index < -0.39 is 35.0 Å². The summed E-state index contributed by atoms with van der Waals surface area (Å²) in [6.45, 7) is 0.646. The van der Waals surface area contributed by atoms with Gasteiger partial charge in [-0.1, -0.05) is 0 Å². The number of Topliss-reactive ketones (excluding diaryl/α,β-unsaturated/α-hetero) is 1. The van der Waals surface area contributed by atoms with Gasteiger partial charge in [0.15, 0.2) is 17.4 Å². The maximum absolute atomic E-state index is 13.9. The molecule has 0 aliphatic carbocycles. The molecule has 0 unspecified atom stereocenters. The Morgan fingerprint density at radius 2 is 1.67 bits per heavy atom. The maximum Gasteiger partial charge on any atom is 0.223 e. The molecule has 2 aromatic carbocycles. The summed E-state index contributed by atoms with van der Waals surface area (Å²) in [5, 5.41) is 0. The SMILES string of the molecule is O=C(c1cc(F)ccc1F)C1CCN(C(=O)CCc2ncc(-c3ccc(F)cc3F)o2)CC1. The summed E-state index contributed by atoms with van der Waals surface area (Å²) < 4.78 is 59.7. The van der Waals surface area contributed by atoms with E-state index in [0.29, 0.717) is 25.9 Å². The van der Waals surface area contributed by atoms with Crippen LogP contribution < -0.4 is 0 Å². The summed E-state index contributed by atoms with van der Waals surface area (Å²) in [4.78, 5) is 30.7. The van der Waals surface area contributed by atoms with Crippen molar-refractivity contribution in [2.24, 2.45) is 5.92 Å². The number of halogens is 4. The lowest BCUT2D eigenvalue weighted by Gasteiger charge is -2.31. The third-order valence-electron chi connectivity index (χ3n) is 5.72. The van der Waals surface area contributed by atoms with Gasteiger partial charge in [-0.05, 0) is 43.2 Å². The first-order valence-electron chi connectivity index (χ1n) is 10.5. The first kappa shape index (κ1) is 22.7. The van der Waals surface area contributed by atoms with Crippen LogP contribution in [0.15, 0.2) is 47.0 Å². The molecular formula is C24H20F4N2O3. The first-order valence-corrected chi connectivity index (χ1v) is 10.5. The minimum absolute atomic E-state index is 0.0722. The average molecular weight is 460 g/mol. The van der Waals surface area contributed by atoms with Crippen molar-refractivity contribution in [2.75, 3.05) is 13.1 Å². The van der Waals surface area contributed by atoms with Crippen LogP contribution in [0.2, 0.25) is 0 Å². The molecule has 33 heavy (non-hydrogen) atoms. The second-order valence-corrected chi connectivity index (χ2v) is 7.89. The number of nitrogens with zero attached hydrogens (tertiary/aromatic N) is 2. The van der Waals surface area contributed by atoms with Crippen molar-refractivity contribution in [2.45, 2.75) is 25.7 Å². The van der Waals surface area contributed by atoms with Crippen LogP contribution in [-0.2, 0) is 11.2 Å². The molecule has 2 heterocycles. The largest absolute Gasteiger partial charge is 0.441 e. The Labute approximate surface area is 187 Å².